The molecule has 2 aromatic carbocycles. The van der Waals surface area contributed by atoms with E-state index in [0.29, 0.717) is 0 Å². The lowest BCUT2D eigenvalue weighted by atomic mass is 10.2. The Balaban J connectivity index is 0.00000147. The summed E-state index contributed by atoms with van der Waals surface area (Å²) in [6, 6.07) is 18.5. The fourth-order valence-electron chi connectivity index (χ4n) is 1.92. The molecule has 2 nitrogen and oxygen atoms in total. The lowest BCUT2D eigenvalue weighted by molar-refractivity contribution is 1.37. The van der Waals surface area contributed by atoms with Gasteiger partial charge in [-0.05, 0) is 24.6 Å². The molecule has 0 fully saturated rings. The normalized spacial score (nSPS) is 9.85. The maximum Gasteiger partial charge on any atom is 0.187 e. The van der Waals surface area contributed by atoms with Gasteiger partial charge in [0.25, 0.3) is 0 Å². The van der Waals surface area contributed by atoms with E-state index in [1.165, 1.54) is 5.56 Å². The monoisotopic (exact) mass is 346 g/mol. The quantitative estimate of drug-likeness (QED) is 0.682. The molecule has 1 N–H and O–H groups in total. The van der Waals surface area contributed by atoms with Crippen LogP contribution in [0, 0.1) is 6.92 Å². The Morgan fingerprint density at radius 1 is 1.00 bits per heavy atom. The molecule has 0 saturated carbocycles. The standard InChI is InChI=1S/C16H14N2S.BrH/c1-12-6-5-9-14(10-12)17-16-18-15(11-19-16)13-7-3-2-4-8-13;/h2-11H,1H3,(H,17,18);1H. The van der Waals surface area contributed by atoms with Gasteiger partial charge in [-0.3, -0.25) is 0 Å². The number of hydrogen-bond acceptors (Lipinski definition) is 3. The van der Waals surface area contributed by atoms with Crippen LogP contribution in [0.15, 0.2) is 60.0 Å². The minimum absolute atomic E-state index is 0. The number of thiazole rings is 1. The van der Waals surface area contributed by atoms with Crippen LogP contribution in [-0.4, -0.2) is 4.98 Å². The van der Waals surface area contributed by atoms with Crippen LogP contribution in [-0.2, 0) is 0 Å². The second-order valence-electron chi connectivity index (χ2n) is 4.40. The van der Waals surface area contributed by atoms with Crippen molar-refractivity contribution >= 4 is 39.1 Å². The Morgan fingerprint density at radius 2 is 1.80 bits per heavy atom. The van der Waals surface area contributed by atoms with E-state index in [9.17, 15) is 0 Å². The SMILES string of the molecule is Br.Cc1cccc(Nc2nc(-c3ccccc3)cs2)c1. The second kappa shape index (κ2) is 6.68. The summed E-state index contributed by atoms with van der Waals surface area (Å²) >= 11 is 1.62. The molecule has 0 bridgehead atoms. The van der Waals surface area contributed by atoms with E-state index in [-0.39, 0.29) is 17.0 Å². The summed E-state index contributed by atoms with van der Waals surface area (Å²) in [5.74, 6) is 0. The zero-order valence-corrected chi connectivity index (χ0v) is 13.6. The predicted octanol–water partition coefficient (Wildman–Crippen LogP) is 5.44. The zero-order valence-electron chi connectivity index (χ0n) is 11.0. The molecule has 0 radical (unpaired) electrons. The first kappa shape index (κ1) is 14.8. The molecule has 1 heterocycles. The molecule has 0 aliphatic rings. The summed E-state index contributed by atoms with van der Waals surface area (Å²) in [5.41, 5.74) is 4.48. The van der Waals surface area contributed by atoms with Crippen molar-refractivity contribution < 1.29 is 0 Å². The molecule has 0 aliphatic heterocycles. The number of aryl methyl sites for hydroxylation is 1. The average Bonchev–Trinajstić information content (AvgIpc) is 2.88. The summed E-state index contributed by atoms with van der Waals surface area (Å²) in [6.07, 6.45) is 0. The largest absolute Gasteiger partial charge is 0.332 e. The molecule has 3 rings (SSSR count). The maximum atomic E-state index is 4.61. The van der Waals surface area contributed by atoms with E-state index in [0.717, 1.165) is 22.1 Å². The van der Waals surface area contributed by atoms with Crippen molar-refractivity contribution in [2.24, 2.45) is 0 Å². The molecule has 3 aromatic rings. The number of nitrogens with one attached hydrogen (secondary N) is 1. The first-order valence-corrected chi connectivity index (χ1v) is 7.04. The summed E-state index contributed by atoms with van der Waals surface area (Å²) in [7, 11) is 0. The number of rotatable bonds is 3. The van der Waals surface area contributed by atoms with Crippen LogP contribution in [0.2, 0.25) is 0 Å². The summed E-state index contributed by atoms with van der Waals surface area (Å²) in [6.45, 7) is 2.09. The van der Waals surface area contributed by atoms with E-state index in [2.05, 4.69) is 52.9 Å². The minimum Gasteiger partial charge on any atom is -0.332 e. The highest BCUT2D eigenvalue weighted by molar-refractivity contribution is 8.93. The van der Waals surface area contributed by atoms with Gasteiger partial charge < -0.3 is 5.32 Å². The van der Waals surface area contributed by atoms with E-state index >= 15 is 0 Å². The molecule has 0 amide bonds. The van der Waals surface area contributed by atoms with E-state index in [1.807, 2.05) is 24.3 Å². The number of aromatic nitrogens is 1. The van der Waals surface area contributed by atoms with Crippen molar-refractivity contribution in [2.45, 2.75) is 6.92 Å². The first-order valence-electron chi connectivity index (χ1n) is 6.16. The topological polar surface area (TPSA) is 24.9 Å². The van der Waals surface area contributed by atoms with Crippen molar-refractivity contribution in [3.63, 3.8) is 0 Å². The van der Waals surface area contributed by atoms with Crippen LogP contribution >= 0.6 is 28.3 Å². The Bertz CT molecular complexity index is 680. The highest BCUT2D eigenvalue weighted by Crippen LogP contribution is 2.27. The van der Waals surface area contributed by atoms with Crippen LogP contribution in [0.25, 0.3) is 11.3 Å². The number of halogens is 1. The summed E-state index contributed by atoms with van der Waals surface area (Å²) < 4.78 is 0. The van der Waals surface area contributed by atoms with Gasteiger partial charge in [0, 0.05) is 16.6 Å². The van der Waals surface area contributed by atoms with Crippen LogP contribution in [0.5, 0.6) is 0 Å². The Labute approximate surface area is 133 Å². The van der Waals surface area contributed by atoms with Crippen LogP contribution in [0.1, 0.15) is 5.56 Å². The third kappa shape index (κ3) is 3.46. The van der Waals surface area contributed by atoms with Gasteiger partial charge in [-0.1, -0.05) is 42.5 Å². The van der Waals surface area contributed by atoms with Gasteiger partial charge in [-0.2, -0.15) is 0 Å². The van der Waals surface area contributed by atoms with Crippen molar-refractivity contribution in [3.05, 3.63) is 65.5 Å². The number of hydrogen-bond donors (Lipinski definition) is 1. The fourth-order valence-corrected chi connectivity index (χ4v) is 2.66. The lowest BCUT2D eigenvalue weighted by Gasteiger charge is -2.02. The molecule has 0 spiro atoms. The predicted molar refractivity (Wildman–Crippen MR) is 92.3 cm³/mol. The lowest BCUT2D eigenvalue weighted by Crippen LogP contribution is -1.89. The van der Waals surface area contributed by atoms with Gasteiger partial charge in [0.05, 0.1) is 5.69 Å². The minimum atomic E-state index is 0. The second-order valence-corrected chi connectivity index (χ2v) is 5.26. The van der Waals surface area contributed by atoms with Gasteiger partial charge in [0.2, 0.25) is 0 Å². The highest BCUT2D eigenvalue weighted by Gasteiger charge is 2.04. The van der Waals surface area contributed by atoms with Crippen LogP contribution in [0.4, 0.5) is 10.8 Å². The Hall–Kier alpha value is -1.65. The van der Waals surface area contributed by atoms with Gasteiger partial charge in [-0.25, -0.2) is 4.98 Å². The molecule has 20 heavy (non-hydrogen) atoms. The third-order valence-corrected chi connectivity index (χ3v) is 3.60. The molecule has 0 saturated heterocycles. The Morgan fingerprint density at radius 3 is 2.55 bits per heavy atom. The zero-order chi connectivity index (χ0) is 13.1. The molecule has 0 unspecified atom stereocenters. The Kier molecular flexibility index (Phi) is 4.93. The van der Waals surface area contributed by atoms with Crippen LogP contribution in [0.3, 0.4) is 0 Å². The first-order chi connectivity index (χ1) is 9.31. The fraction of sp³-hybridized carbons (Fsp3) is 0.0625. The smallest absolute Gasteiger partial charge is 0.187 e. The number of benzene rings is 2. The third-order valence-electron chi connectivity index (χ3n) is 2.84. The van der Waals surface area contributed by atoms with Crippen molar-refractivity contribution in [1.29, 1.82) is 0 Å². The van der Waals surface area contributed by atoms with E-state index in [4.69, 9.17) is 0 Å². The van der Waals surface area contributed by atoms with Crippen molar-refractivity contribution in [2.75, 3.05) is 5.32 Å². The molecule has 0 atom stereocenters. The van der Waals surface area contributed by atoms with Gasteiger partial charge in [0.1, 0.15) is 0 Å². The maximum absolute atomic E-state index is 4.61. The van der Waals surface area contributed by atoms with E-state index < -0.39 is 0 Å². The van der Waals surface area contributed by atoms with Gasteiger partial charge >= 0.3 is 0 Å². The molecule has 0 aliphatic carbocycles. The van der Waals surface area contributed by atoms with Crippen molar-refractivity contribution in [3.8, 4) is 11.3 Å². The molecular formula is C16H15BrN2S. The summed E-state index contributed by atoms with van der Waals surface area (Å²) in [5, 5.41) is 6.34. The molecular weight excluding hydrogens is 332 g/mol. The van der Waals surface area contributed by atoms with Crippen LogP contribution < -0.4 is 5.32 Å². The summed E-state index contributed by atoms with van der Waals surface area (Å²) in [4.78, 5) is 4.61. The van der Waals surface area contributed by atoms with Crippen molar-refractivity contribution in [1.82, 2.24) is 4.98 Å². The molecule has 102 valence electrons. The molecule has 4 heteroatoms. The number of nitrogens with zero attached hydrogens (tertiary/aromatic N) is 1. The van der Waals surface area contributed by atoms with Gasteiger partial charge in [0.15, 0.2) is 5.13 Å². The van der Waals surface area contributed by atoms with Gasteiger partial charge in [-0.15, -0.1) is 28.3 Å². The number of anilines is 2. The molecule has 1 aromatic heterocycles. The highest BCUT2D eigenvalue weighted by atomic mass is 79.9. The average molecular weight is 347 g/mol. The van der Waals surface area contributed by atoms with E-state index in [1.54, 1.807) is 11.3 Å².